The first-order valence-electron chi connectivity index (χ1n) is 6.37. The van der Waals surface area contributed by atoms with E-state index in [4.69, 9.17) is 4.74 Å². The molecule has 1 aromatic carbocycles. The van der Waals surface area contributed by atoms with E-state index in [9.17, 15) is 0 Å². The summed E-state index contributed by atoms with van der Waals surface area (Å²) in [5.41, 5.74) is 0.395. The van der Waals surface area contributed by atoms with Crippen molar-refractivity contribution in [2.75, 3.05) is 0 Å². The molecule has 98 valence electrons. The van der Waals surface area contributed by atoms with E-state index in [1.807, 2.05) is 18.2 Å². The summed E-state index contributed by atoms with van der Waals surface area (Å²) in [6, 6.07) is 6.12. The van der Waals surface area contributed by atoms with Gasteiger partial charge in [0, 0.05) is 14.7 Å². The number of hydrogen-bond acceptors (Lipinski definition) is 1. The first kappa shape index (κ1) is 13.4. The minimum atomic E-state index is 0.377. The van der Waals surface area contributed by atoms with Crippen LogP contribution < -0.4 is 4.74 Å². The second kappa shape index (κ2) is 5.10. The molecule has 2 aliphatic rings. The largest absolute Gasteiger partial charge is 0.489 e. The zero-order valence-corrected chi connectivity index (χ0v) is 14.7. The number of ether oxygens (including phenoxy) is 1. The van der Waals surface area contributed by atoms with Crippen molar-refractivity contribution in [3.8, 4) is 5.75 Å². The van der Waals surface area contributed by atoms with Crippen molar-refractivity contribution in [1.82, 2.24) is 0 Å². The van der Waals surface area contributed by atoms with Gasteiger partial charge in [0.25, 0.3) is 0 Å². The van der Waals surface area contributed by atoms with Gasteiger partial charge >= 0.3 is 0 Å². The molecule has 2 unspecified atom stereocenters. The van der Waals surface area contributed by atoms with E-state index in [0.29, 0.717) is 16.3 Å². The number of halogens is 3. The van der Waals surface area contributed by atoms with Gasteiger partial charge < -0.3 is 4.74 Å². The zero-order chi connectivity index (χ0) is 12.8. The lowest BCUT2D eigenvalue weighted by Gasteiger charge is -2.51. The van der Waals surface area contributed by atoms with Gasteiger partial charge in [-0.15, -0.1) is 0 Å². The third-order valence-electron chi connectivity index (χ3n) is 4.38. The molecule has 0 amide bonds. The number of hydrogen-bond donors (Lipinski definition) is 0. The molecule has 4 heteroatoms. The molecule has 0 N–H and O–H groups in total. The summed E-state index contributed by atoms with van der Waals surface area (Å²) in [5, 5.41) is 0. The lowest BCUT2D eigenvalue weighted by Crippen LogP contribution is -2.55. The van der Waals surface area contributed by atoms with Crippen molar-refractivity contribution in [2.45, 2.75) is 43.0 Å². The topological polar surface area (TPSA) is 9.23 Å². The Bertz CT molecular complexity index is 454. The predicted octanol–water partition coefficient (Wildman–Crippen LogP) is 5.69. The smallest absolute Gasteiger partial charge is 0.134 e. The third-order valence-corrected chi connectivity index (χ3v) is 6.78. The summed E-state index contributed by atoms with van der Waals surface area (Å²) in [5.74, 6) is 0.967. The van der Waals surface area contributed by atoms with Gasteiger partial charge in [-0.3, -0.25) is 0 Å². The Morgan fingerprint density at radius 2 is 1.89 bits per heavy atom. The first-order chi connectivity index (χ1) is 8.62. The molecule has 2 aliphatic carbocycles. The maximum absolute atomic E-state index is 6.25. The Labute approximate surface area is 133 Å². The number of rotatable bonds is 2. The Kier molecular flexibility index (Phi) is 3.81. The van der Waals surface area contributed by atoms with Gasteiger partial charge in [0.15, 0.2) is 0 Å². The minimum absolute atomic E-state index is 0.377. The van der Waals surface area contributed by atoms with Gasteiger partial charge in [-0.05, 0) is 53.4 Å². The summed E-state index contributed by atoms with van der Waals surface area (Å²) in [7, 11) is 0. The van der Waals surface area contributed by atoms with Gasteiger partial charge in [0.05, 0.1) is 4.47 Å². The fraction of sp³-hybridized carbons (Fsp3) is 0.571. The highest BCUT2D eigenvalue weighted by molar-refractivity contribution is 9.11. The molecule has 0 aliphatic heterocycles. The number of benzene rings is 1. The Hall–Kier alpha value is 0.460. The molecular weight excluding hydrogens is 424 g/mol. The first-order valence-corrected chi connectivity index (χ1v) is 8.88. The quantitative estimate of drug-likeness (QED) is 0.539. The molecule has 18 heavy (non-hydrogen) atoms. The monoisotopic (exact) mass is 436 g/mol. The molecule has 1 nitrogen and oxygen atoms in total. The van der Waals surface area contributed by atoms with E-state index >= 15 is 0 Å². The molecule has 3 rings (SSSR count). The lowest BCUT2D eigenvalue weighted by atomic mass is 9.64. The molecular formula is C14H15Br3O. The van der Waals surface area contributed by atoms with E-state index in [2.05, 4.69) is 47.8 Å². The summed E-state index contributed by atoms with van der Waals surface area (Å²) in [6.07, 6.45) is 6.82. The number of alkyl halides is 1. The van der Waals surface area contributed by atoms with Crippen molar-refractivity contribution >= 4 is 47.8 Å². The third kappa shape index (κ3) is 2.18. The van der Waals surface area contributed by atoms with Crippen molar-refractivity contribution in [1.29, 1.82) is 0 Å². The lowest BCUT2D eigenvalue weighted by molar-refractivity contribution is -0.0308. The van der Waals surface area contributed by atoms with Gasteiger partial charge in [-0.25, -0.2) is 0 Å². The van der Waals surface area contributed by atoms with Crippen LogP contribution in [0.3, 0.4) is 0 Å². The van der Waals surface area contributed by atoms with Crippen LogP contribution in [0.25, 0.3) is 0 Å². The molecule has 0 saturated heterocycles. The fourth-order valence-corrected chi connectivity index (χ4v) is 5.49. The van der Waals surface area contributed by atoms with Crippen molar-refractivity contribution in [3.05, 3.63) is 27.1 Å². The van der Waals surface area contributed by atoms with Crippen LogP contribution in [0.1, 0.15) is 32.1 Å². The average Bonchev–Trinajstić information content (AvgIpc) is 2.83. The van der Waals surface area contributed by atoms with E-state index in [-0.39, 0.29) is 0 Å². The average molecular weight is 439 g/mol. The molecule has 0 radical (unpaired) electrons. The summed E-state index contributed by atoms with van der Waals surface area (Å²) in [4.78, 5) is 0.645. The van der Waals surface area contributed by atoms with Gasteiger partial charge in [-0.2, -0.15) is 0 Å². The Morgan fingerprint density at radius 3 is 2.50 bits per heavy atom. The molecule has 0 aromatic heterocycles. The van der Waals surface area contributed by atoms with Crippen LogP contribution in [-0.2, 0) is 0 Å². The van der Waals surface area contributed by atoms with Crippen LogP contribution in [0.15, 0.2) is 27.1 Å². The van der Waals surface area contributed by atoms with E-state index in [1.165, 1.54) is 25.7 Å². The normalized spacial score (nSPS) is 29.3. The SMILES string of the molecule is Brc1ccc(OC2CC(Br)C23CCCC3)c(Br)c1. The van der Waals surface area contributed by atoms with Crippen molar-refractivity contribution in [3.63, 3.8) is 0 Å². The molecule has 2 saturated carbocycles. The van der Waals surface area contributed by atoms with Crippen molar-refractivity contribution < 1.29 is 4.74 Å². The van der Waals surface area contributed by atoms with Gasteiger partial charge in [-0.1, -0.05) is 44.7 Å². The van der Waals surface area contributed by atoms with Crippen LogP contribution in [0, 0.1) is 5.41 Å². The van der Waals surface area contributed by atoms with Crippen LogP contribution >= 0.6 is 47.8 Å². The fourth-order valence-electron chi connectivity index (χ4n) is 3.26. The highest BCUT2D eigenvalue weighted by atomic mass is 79.9. The van der Waals surface area contributed by atoms with Crippen molar-refractivity contribution in [2.24, 2.45) is 5.41 Å². The summed E-state index contributed by atoms with van der Waals surface area (Å²) in [6.45, 7) is 0. The highest BCUT2D eigenvalue weighted by Crippen LogP contribution is 2.58. The minimum Gasteiger partial charge on any atom is -0.489 e. The van der Waals surface area contributed by atoms with Gasteiger partial charge in [0.1, 0.15) is 11.9 Å². The predicted molar refractivity (Wildman–Crippen MR) is 84.5 cm³/mol. The summed E-state index contributed by atoms with van der Waals surface area (Å²) >= 11 is 10.9. The van der Waals surface area contributed by atoms with E-state index in [1.54, 1.807) is 0 Å². The molecule has 1 spiro atoms. The molecule has 1 aromatic rings. The maximum atomic E-state index is 6.25. The second-order valence-corrected chi connectivity index (χ2v) is 8.20. The highest BCUT2D eigenvalue weighted by Gasteiger charge is 2.56. The van der Waals surface area contributed by atoms with Gasteiger partial charge in [0.2, 0.25) is 0 Å². The Balaban J connectivity index is 1.77. The maximum Gasteiger partial charge on any atom is 0.134 e. The molecule has 0 heterocycles. The van der Waals surface area contributed by atoms with Crippen LogP contribution in [0.2, 0.25) is 0 Å². The van der Waals surface area contributed by atoms with Crippen LogP contribution in [-0.4, -0.2) is 10.9 Å². The standard InChI is InChI=1S/C14H15Br3O/c15-9-3-4-11(10(16)7-9)18-13-8-12(17)14(13)5-1-2-6-14/h3-4,7,12-13H,1-2,5-6,8H2. The van der Waals surface area contributed by atoms with E-state index in [0.717, 1.165) is 21.1 Å². The van der Waals surface area contributed by atoms with Crippen LogP contribution in [0.5, 0.6) is 5.75 Å². The molecule has 2 atom stereocenters. The Morgan fingerprint density at radius 1 is 1.17 bits per heavy atom. The molecule has 2 fully saturated rings. The van der Waals surface area contributed by atoms with E-state index < -0.39 is 0 Å². The second-order valence-electron chi connectivity index (χ2n) is 5.32. The van der Waals surface area contributed by atoms with Crippen LogP contribution in [0.4, 0.5) is 0 Å². The molecule has 0 bridgehead atoms. The summed E-state index contributed by atoms with van der Waals surface area (Å²) < 4.78 is 8.35. The zero-order valence-electron chi connectivity index (χ0n) is 9.96.